The molecular weight excluding hydrogens is 464 g/mol. The average molecular weight is 493 g/mol. The van der Waals surface area contributed by atoms with Gasteiger partial charge in [-0.2, -0.15) is 5.10 Å². The summed E-state index contributed by atoms with van der Waals surface area (Å²) in [7, 11) is 1.54. The number of rotatable bonds is 7. The normalized spacial score (nSPS) is 11.1. The molecule has 0 radical (unpaired) electrons. The fraction of sp³-hybridized carbons (Fsp3) is 0.296. The molecule has 0 aliphatic heterocycles. The fourth-order valence-electron chi connectivity index (χ4n) is 4.43. The molecule has 7 nitrogen and oxygen atoms in total. The van der Waals surface area contributed by atoms with E-state index in [1.165, 1.54) is 7.11 Å². The summed E-state index contributed by atoms with van der Waals surface area (Å²) < 4.78 is 8.74. The van der Waals surface area contributed by atoms with Gasteiger partial charge in [0.25, 0.3) is 5.56 Å². The molecule has 2 aromatic carbocycles. The van der Waals surface area contributed by atoms with Crippen LogP contribution in [0.1, 0.15) is 35.7 Å². The van der Waals surface area contributed by atoms with Crippen molar-refractivity contribution >= 4 is 34.2 Å². The predicted molar refractivity (Wildman–Crippen MR) is 140 cm³/mol. The summed E-state index contributed by atoms with van der Waals surface area (Å²) in [4.78, 5) is 26.2. The van der Waals surface area contributed by atoms with Crippen LogP contribution in [0.2, 0.25) is 5.02 Å². The molecule has 0 unspecified atom stereocenters. The molecule has 1 amide bonds. The van der Waals surface area contributed by atoms with Crippen LogP contribution in [-0.2, 0) is 17.8 Å². The molecule has 182 valence electrons. The van der Waals surface area contributed by atoms with E-state index in [1.807, 2.05) is 56.6 Å². The highest BCUT2D eigenvalue weighted by molar-refractivity contribution is 6.32. The Morgan fingerprint density at radius 2 is 1.83 bits per heavy atom. The van der Waals surface area contributed by atoms with Crippen LogP contribution >= 0.6 is 11.6 Å². The number of aryl methyl sites for hydroxylation is 4. The van der Waals surface area contributed by atoms with Crippen molar-refractivity contribution in [2.45, 2.75) is 47.1 Å². The molecule has 0 saturated heterocycles. The Bertz CT molecular complexity index is 1470. The van der Waals surface area contributed by atoms with Crippen molar-refractivity contribution < 1.29 is 9.53 Å². The summed E-state index contributed by atoms with van der Waals surface area (Å²) in [6.45, 7) is 8.37. The number of carbonyl (C=O) groups is 1. The van der Waals surface area contributed by atoms with Crippen LogP contribution < -0.4 is 15.6 Å². The molecule has 2 aromatic heterocycles. The van der Waals surface area contributed by atoms with Gasteiger partial charge in [-0.3, -0.25) is 14.2 Å². The van der Waals surface area contributed by atoms with Gasteiger partial charge in [-0.15, -0.1) is 0 Å². The van der Waals surface area contributed by atoms with Gasteiger partial charge in [0, 0.05) is 29.6 Å². The molecule has 0 fully saturated rings. The summed E-state index contributed by atoms with van der Waals surface area (Å²) in [5, 5.41) is 8.98. The second kappa shape index (κ2) is 9.96. The molecule has 2 heterocycles. The standard InChI is InChI=1S/C27H29ClN4O3/c1-6-31-26-25(18(4)30-32(26)20-10-7-16(2)8-11-20)17(3)21(27(31)34)12-14-24(33)29-19-9-13-23(35-5)22(28)15-19/h7-11,13,15H,6,12,14H2,1-5H3,(H,29,33). The number of anilines is 1. The molecular formula is C27H29ClN4O3. The molecule has 35 heavy (non-hydrogen) atoms. The van der Waals surface area contributed by atoms with Gasteiger partial charge in [0.1, 0.15) is 11.4 Å². The summed E-state index contributed by atoms with van der Waals surface area (Å²) in [5.41, 5.74) is 5.67. The third-order valence-electron chi connectivity index (χ3n) is 6.26. The number of methoxy groups -OCH3 is 1. The Labute approximate surface area is 209 Å². The molecule has 0 aliphatic carbocycles. The maximum Gasteiger partial charge on any atom is 0.255 e. The van der Waals surface area contributed by atoms with Crippen molar-refractivity contribution in [1.29, 1.82) is 0 Å². The van der Waals surface area contributed by atoms with Gasteiger partial charge in [-0.1, -0.05) is 29.3 Å². The third-order valence-corrected chi connectivity index (χ3v) is 6.55. The van der Waals surface area contributed by atoms with E-state index in [4.69, 9.17) is 21.4 Å². The van der Waals surface area contributed by atoms with Crippen molar-refractivity contribution in [3.63, 3.8) is 0 Å². The van der Waals surface area contributed by atoms with E-state index < -0.39 is 0 Å². The van der Waals surface area contributed by atoms with Gasteiger partial charge in [-0.25, -0.2) is 4.68 Å². The van der Waals surface area contributed by atoms with Crippen molar-refractivity contribution in [3.05, 3.63) is 80.2 Å². The minimum Gasteiger partial charge on any atom is -0.495 e. The number of halogens is 1. The van der Waals surface area contributed by atoms with Gasteiger partial charge in [0.2, 0.25) is 5.91 Å². The zero-order valence-corrected chi connectivity index (χ0v) is 21.4. The second-order valence-electron chi connectivity index (χ2n) is 8.58. The highest BCUT2D eigenvalue weighted by Gasteiger charge is 2.21. The summed E-state index contributed by atoms with van der Waals surface area (Å²) >= 11 is 6.16. The first kappa shape index (κ1) is 24.5. The van der Waals surface area contributed by atoms with E-state index in [2.05, 4.69) is 5.32 Å². The van der Waals surface area contributed by atoms with Crippen LogP contribution in [0.4, 0.5) is 5.69 Å². The number of hydrogen-bond acceptors (Lipinski definition) is 4. The number of amides is 1. The van der Waals surface area contributed by atoms with E-state index in [0.29, 0.717) is 35.0 Å². The first-order valence-corrected chi connectivity index (χ1v) is 11.9. The average Bonchev–Trinajstić information content (AvgIpc) is 3.17. The Morgan fingerprint density at radius 1 is 1.11 bits per heavy atom. The quantitative estimate of drug-likeness (QED) is 0.376. The Balaban J connectivity index is 1.66. The van der Waals surface area contributed by atoms with E-state index in [1.54, 1.807) is 22.8 Å². The number of ether oxygens (including phenoxy) is 1. The number of nitrogens with one attached hydrogen (secondary N) is 1. The zero-order chi connectivity index (χ0) is 25.3. The van der Waals surface area contributed by atoms with Crippen molar-refractivity contribution in [1.82, 2.24) is 14.3 Å². The van der Waals surface area contributed by atoms with Crippen LogP contribution in [0.25, 0.3) is 16.7 Å². The van der Waals surface area contributed by atoms with Gasteiger partial charge >= 0.3 is 0 Å². The molecule has 4 rings (SSSR count). The maximum atomic E-state index is 13.5. The van der Waals surface area contributed by atoms with Crippen molar-refractivity contribution in [2.75, 3.05) is 12.4 Å². The summed E-state index contributed by atoms with van der Waals surface area (Å²) in [6.07, 6.45) is 0.492. The van der Waals surface area contributed by atoms with Crippen molar-refractivity contribution in [2.24, 2.45) is 0 Å². The lowest BCUT2D eigenvalue weighted by Crippen LogP contribution is -2.27. The first-order valence-electron chi connectivity index (χ1n) is 11.6. The second-order valence-corrected chi connectivity index (χ2v) is 8.99. The molecule has 4 aromatic rings. The van der Waals surface area contributed by atoms with Crippen LogP contribution in [0.15, 0.2) is 47.3 Å². The van der Waals surface area contributed by atoms with Crippen molar-refractivity contribution in [3.8, 4) is 11.4 Å². The first-order chi connectivity index (χ1) is 16.7. The number of pyridine rings is 1. The molecule has 0 saturated carbocycles. The zero-order valence-electron chi connectivity index (χ0n) is 20.6. The Morgan fingerprint density at radius 3 is 2.46 bits per heavy atom. The highest BCUT2D eigenvalue weighted by atomic mass is 35.5. The van der Waals surface area contributed by atoms with E-state index in [-0.39, 0.29) is 17.9 Å². The molecule has 0 bridgehead atoms. The maximum absolute atomic E-state index is 13.5. The molecule has 0 atom stereocenters. The van der Waals surface area contributed by atoms with E-state index in [0.717, 1.165) is 33.5 Å². The minimum atomic E-state index is -0.194. The minimum absolute atomic E-state index is 0.0916. The lowest BCUT2D eigenvalue weighted by Gasteiger charge is -2.15. The van der Waals surface area contributed by atoms with Gasteiger partial charge in [0.15, 0.2) is 0 Å². The molecule has 1 N–H and O–H groups in total. The molecule has 0 aliphatic rings. The van der Waals surface area contributed by atoms with Crippen LogP contribution in [0, 0.1) is 20.8 Å². The van der Waals surface area contributed by atoms with Gasteiger partial charge < -0.3 is 10.1 Å². The Kier molecular flexibility index (Phi) is 6.98. The SMILES string of the molecule is CCn1c(=O)c(CCC(=O)Nc2ccc(OC)c(Cl)c2)c(C)c2c(C)nn(-c3ccc(C)cc3)c21. The largest absolute Gasteiger partial charge is 0.495 e. The number of aromatic nitrogens is 3. The monoisotopic (exact) mass is 492 g/mol. The smallest absolute Gasteiger partial charge is 0.255 e. The number of fused-ring (bicyclic) bond motifs is 1. The van der Waals surface area contributed by atoms with E-state index in [9.17, 15) is 9.59 Å². The van der Waals surface area contributed by atoms with E-state index >= 15 is 0 Å². The van der Waals surface area contributed by atoms with Crippen LogP contribution in [-0.4, -0.2) is 27.4 Å². The van der Waals surface area contributed by atoms with Crippen LogP contribution in [0.5, 0.6) is 5.75 Å². The lowest BCUT2D eigenvalue weighted by molar-refractivity contribution is -0.116. The summed E-state index contributed by atoms with van der Waals surface area (Å²) in [6, 6.07) is 13.1. The van der Waals surface area contributed by atoms with Gasteiger partial charge in [-0.05, 0) is 70.0 Å². The highest BCUT2D eigenvalue weighted by Crippen LogP contribution is 2.28. The number of benzene rings is 2. The third kappa shape index (κ3) is 4.68. The number of hydrogen-bond donors (Lipinski definition) is 1. The fourth-order valence-corrected chi connectivity index (χ4v) is 4.69. The lowest BCUT2D eigenvalue weighted by atomic mass is 10.0. The predicted octanol–water partition coefficient (Wildman–Crippen LogP) is 5.37. The molecule has 0 spiro atoms. The Hall–Kier alpha value is -3.58. The summed E-state index contributed by atoms with van der Waals surface area (Å²) in [5.74, 6) is 0.343. The topological polar surface area (TPSA) is 78.2 Å². The van der Waals surface area contributed by atoms with Crippen LogP contribution in [0.3, 0.4) is 0 Å². The number of carbonyl (C=O) groups excluding carboxylic acids is 1. The number of nitrogens with zero attached hydrogens (tertiary/aromatic N) is 3. The molecule has 8 heteroatoms. The van der Waals surface area contributed by atoms with Gasteiger partial charge in [0.05, 0.1) is 23.5 Å².